The molecule has 0 amide bonds. The van der Waals surface area contributed by atoms with Crippen molar-refractivity contribution in [1.29, 1.82) is 0 Å². The molecule has 1 heteroatoms. The third-order valence-corrected chi connectivity index (χ3v) is 10.0. The van der Waals surface area contributed by atoms with Crippen LogP contribution in [0.25, 0.3) is 109 Å². The minimum atomic E-state index is -0.440. The molecular weight excluding hydrogens is 593 g/mol. The molecule has 0 saturated heterocycles. The van der Waals surface area contributed by atoms with Gasteiger partial charge in [-0.2, -0.15) is 0 Å². The van der Waals surface area contributed by atoms with E-state index in [1.807, 2.05) is 109 Å². The third-order valence-electron chi connectivity index (χ3n) is 10.0. The summed E-state index contributed by atoms with van der Waals surface area (Å²) >= 11 is 0. The summed E-state index contributed by atoms with van der Waals surface area (Å²) in [6, 6.07) is 36.6. The van der Waals surface area contributed by atoms with Gasteiger partial charge in [0.25, 0.3) is 0 Å². The van der Waals surface area contributed by atoms with E-state index < -0.39 is 24.2 Å². The van der Waals surface area contributed by atoms with Gasteiger partial charge < -0.3 is 4.42 Å². The van der Waals surface area contributed by atoms with Gasteiger partial charge in [0.15, 0.2) is 0 Å². The Labute approximate surface area is 293 Å². The van der Waals surface area contributed by atoms with Gasteiger partial charge in [0.05, 0.1) is 11.0 Å². The minimum absolute atomic E-state index is 0.166. The second-order valence-electron chi connectivity index (χ2n) is 12.5. The van der Waals surface area contributed by atoms with E-state index in [1.165, 1.54) is 0 Å². The number of benzene rings is 10. The van der Waals surface area contributed by atoms with E-state index in [1.54, 1.807) is 0 Å². The Hall–Kier alpha value is -6.44. The summed E-state index contributed by atoms with van der Waals surface area (Å²) in [5, 5.41) is 9.76. The first-order valence-electron chi connectivity index (χ1n) is 20.3. The van der Waals surface area contributed by atoms with Gasteiger partial charge >= 0.3 is 0 Å². The van der Waals surface area contributed by atoms with Crippen LogP contribution in [0.1, 0.15) is 11.0 Å². The first kappa shape index (κ1) is 20.0. The summed E-state index contributed by atoms with van der Waals surface area (Å²) in [5.74, 6) is 0. The summed E-state index contributed by atoms with van der Waals surface area (Å²) in [5.41, 5.74) is 2.94. The molecule has 0 saturated carbocycles. The van der Waals surface area contributed by atoms with Gasteiger partial charge in [-0.25, -0.2) is 0 Å². The van der Waals surface area contributed by atoms with Crippen molar-refractivity contribution < 1.29 is 15.4 Å². The highest BCUT2D eigenvalue weighted by atomic mass is 16.3. The number of furan rings is 1. The molecule has 1 nitrogen and oxygen atoms in total. The first-order chi connectivity index (χ1) is 27.7. The monoisotopic (exact) mass is 628 g/mol. The molecule has 0 aliphatic heterocycles. The molecule has 49 heavy (non-hydrogen) atoms. The molecule has 1 heterocycles. The van der Waals surface area contributed by atoms with Gasteiger partial charge in [-0.1, -0.05) is 151 Å². The highest BCUT2D eigenvalue weighted by Crippen LogP contribution is 2.49. The molecule has 11 rings (SSSR count). The zero-order valence-corrected chi connectivity index (χ0v) is 26.0. The van der Waals surface area contributed by atoms with E-state index in [-0.39, 0.29) is 45.7 Å². The predicted molar refractivity (Wildman–Crippen MR) is 210 cm³/mol. The molecule has 0 bridgehead atoms. The molecule has 1 aromatic heterocycles. The summed E-state index contributed by atoms with van der Waals surface area (Å²) in [7, 11) is 0. The third kappa shape index (κ3) is 3.70. The van der Waals surface area contributed by atoms with Crippen molar-refractivity contribution in [2.45, 2.75) is 0 Å². The second-order valence-corrected chi connectivity index (χ2v) is 12.5. The van der Waals surface area contributed by atoms with Gasteiger partial charge in [0.2, 0.25) is 0 Å². The van der Waals surface area contributed by atoms with Crippen molar-refractivity contribution in [3.8, 4) is 22.3 Å². The van der Waals surface area contributed by atoms with Crippen LogP contribution >= 0.6 is 0 Å². The molecule has 0 N–H and O–H groups in total. The highest BCUT2D eigenvalue weighted by molar-refractivity contribution is 6.30. The van der Waals surface area contributed by atoms with Crippen molar-refractivity contribution >= 4 is 86.6 Å². The van der Waals surface area contributed by atoms with Gasteiger partial charge in [-0.15, -0.1) is 0 Å². The molecule has 226 valence electrons. The summed E-state index contributed by atoms with van der Waals surface area (Å²) < 4.78 is 80.9. The zero-order valence-electron chi connectivity index (χ0n) is 34.0. The van der Waals surface area contributed by atoms with E-state index in [0.717, 1.165) is 48.5 Å². The van der Waals surface area contributed by atoms with Gasteiger partial charge in [0.1, 0.15) is 11.2 Å². The fourth-order valence-corrected chi connectivity index (χ4v) is 8.01. The van der Waals surface area contributed by atoms with E-state index in [4.69, 9.17) is 9.90 Å². The smallest absolute Gasteiger partial charge is 0.143 e. The molecule has 10 aromatic carbocycles. The number of fused-ring (bicyclic) bond motifs is 12. The molecule has 11 aromatic rings. The van der Waals surface area contributed by atoms with Crippen LogP contribution in [0.2, 0.25) is 0 Å². The zero-order chi connectivity index (χ0) is 39.0. The molecular formula is C48H28O. The Bertz CT molecular complexity index is 3540. The lowest BCUT2D eigenvalue weighted by Gasteiger charge is -2.20. The second kappa shape index (κ2) is 10.0. The number of hydrogen-bond acceptors (Lipinski definition) is 1. The maximum absolute atomic E-state index is 9.60. The van der Waals surface area contributed by atoms with Crippen LogP contribution in [0.15, 0.2) is 174 Å². The Balaban J connectivity index is 1.42. The maximum Gasteiger partial charge on any atom is 0.143 e. The van der Waals surface area contributed by atoms with E-state index in [9.17, 15) is 5.48 Å². The van der Waals surface area contributed by atoms with E-state index in [0.29, 0.717) is 38.8 Å². The lowest BCUT2D eigenvalue weighted by Crippen LogP contribution is -1.93. The van der Waals surface area contributed by atoms with Crippen molar-refractivity contribution in [2.24, 2.45) is 0 Å². The molecule has 0 unspecified atom stereocenters. The fourth-order valence-electron chi connectivity index (χ4n) is 8.01. The van der Waals surface area contributed by atoms with Crippen LogP contribution in [-0.4, -0.2) is 0 Å². The first-order valence-corrected chi connectivity index (χ1v) is 16.3. The molecule has 0 fully saturated rings. The topological polar surface area (TPSA) is 13.1 Å². The van der Waals surface area contributed by atoms with Crippen LogP contribution in [0.5, 0.6) is 0 Å². The molecule has 0 spiro atoms. The van der Waals surface area contributed by atoms with Crippen LogP contribution in [-0.2, 0) is 0 Å². The molecule has 0 radical (unpaired) electrons. The Kier molecular flexibility index (Phi) is 4.10. The summed E-state index contributed by atoms with van der Waals surface area (Å²) in [6.45, 7) is 0. The molecule has 0 aliphatic rings. The number of hydrogen-bond donors (Lipinski definition) is 0. The highest BCUT2D eigenvalue weighted by Gasteiger charge is 2.22. The average molecular weight is 629 g/mol. The normalized spacial score (nSPS) is 14.4. The Morgan fingerprint density at radius 1 is 0.367 bits per heavy atom. The summed E-state index contributed by atoms with van der Waals surface area (Å²) in [4.78, 5) is 0. The summed E-state index contributed by atoms with van der Waals surface area (Å²) in [6.07, 6.45) is 0. The Morgan fingerprint density at radius 3 is 1.63 bits per heavy atom. The van der Waals surface area contributed by atoms with E-state index in [2.05, 4.69) is 12.1 Å². The standard InChI is InChI=1S/C48H28O/c1-3-14-32-29(12-1)24-25-31-28-42(34-16-5-6-17-35(34)44(31)32)46-38-20-9-7-18-36(38)45(37-19-8-10-21-39(37)46)40-22-11-23-43-47(40)41-27-26-30-13-2-4-15-33(30)48(41)49-43/h1-28H/i7D,8D,9D,10D,18D,19D,20D,21D. The van der Waals surface area contributed by atoms with Gasteiger partial charge in [-0.05, 0) is 99.7 Å². The van der Waals surface area contributed by atoms with Crippen LogP contribution in [0, 0.1) is 0 Å². The maximum atomic E-state index is 9.60. The van der Waals surface area contributed by atoms with E-state index >= 15 is 0 Å². The van der Waals surface area contributed by atoms with Gasteiger partial charge in [-0.3, -0.25) is 0 Å². The predicted octanol–water partition coefficient (Wildman–Crippen LogP) is 13.8. The van der Waals surface area contributed by atoms with Crippen LogP contribution in [0.4, 0.5) is 0 Å². The van der Waals surface area contributed by atoms with Crippen molar-refractivity contribution in [3.63, 3.8) is 0 Å². The SMILES string of the molecule is [2H]c1c([2H])c([2H])c2c(-c3cccc4oc5c6ccccc6ccc5c34)c3c([2H])c([2H])c([2H])c([2H])c3c(-c3cc4ccc5ccccc5c4c4ccccc34)c2c1[2H]. The Morgan fingerprint density at radius 2 is 0.918 bits per heavy atom. The van der Waals surface area contributed by atoms with Crippen molar-refractivity contribution in [3.05, 3.63) is 170 Å². The van der Waals surface area contributed by atoms with Crippen molar-refractivity contribution in [1.82, 2.24) is 0 Å². The average Bonchev–Trinajstić information content (AvgIpc) is 3.64. The van der Waals surface area contributed by atoms with Crippen LogP contribution in [0.3, 0.4) is 0 Å². The van der Waals surface area contributed by atoms with Gasteiger partial charge in [0, 0.05) is 16.2 Å². The molecule has 0 atom stereocenters. The minimum Gasteiger partial charge on any atom is -0.455 e. The quantitative estimate of drug-likeness (QED) is 0.137. The largest absolute Gasteiger partial charge is 0.455 e. The fraction of sp³-hybridized carbons (Fsp3) is 0. The van der Waals surface area contributed by atoms with Crippen molar-refractivity contribution in [2.75, 3.05) is 0 Å². The lowest BCUT2D eigenvalue weighted by molar-refractivity contribution is 0.673. The lowest BCUT2D eigenvalue weighted by atomic mass is 9.83. The van der Waals surface area contributed by atoms with Crippen LogP contribution < -0.4 is 0 Å². The number of rotatable bonds is 2. The molecule has 0 aliphatic carbocycles.